The quantitative estimate of drug-likeness (QED) is 0.371. The molecule has 6 N–H and O–H groups in total. The van der Waals surface area contributed by atoms with E-state index in [-0.39, 0.29) is 31.4 Å². The highest BCUT2D eigenvalue weighted by molar-refractivity contribution is 5.85. The molecule has 158 valence electrons. The van der Waals surface area contributed by atoms with Gasteiger partial charge in [-0.25, -0.2) is 0 Å². The summed E-state index contributed by atoms with van der Waals surface area (Å²) >= 11 is 0. The molecule has 0 unspecified atom stereocenters. The minimum absolute atomic E-state index is 0. The molecule has 6 nitrogen and oxygen atoms in total. The summed E-state index contributed by atoms with van der Waals surface area (Å²) in [5.41, 5.74) is 19.4. The molecular weight excluding hydrogens is 419 g/mol. The van der Waals surface area contributed by atoms with Gasteiger partial charge in [-0.15, -0.1) is 24.8 Å². The molecule has 0 atom stereocenters. The highest BCUT2D eigenvalue weighted by atomic mass is 35.5. The summed E-state index contributed by atoms with van der Waals surface area (Å²) in [6, 6.07) is 20.2. The predicted molar refractivity (Wildman–Crippen MR) is 126 cm³/mol. The van der Waals surface area contributed by atoms with Gasteiger partial charge < -0.3 is 11.5 Å². The third-order valence-corrected chi connectivity index (χ3v) is 5.19. The Hall–Kier alpha value is -2.64. The maximum atomic E-state index is 6.95. The summed E-state index contributed by atoms with van der Waals surface area (Å²) in [6.45, 7) is 4.15. The van der Waals surface area contributed by atoms with Crippen molar-refractivity contribution in [1.29, 1.82) is 0 Å². The zero-order valence-electron chi connectivity index (χ0n) is 16.8. The lowest BCUT2D eigenvalue weighted by molar-refractivity contribution is 0.517. The number of benzene rings is 2. The van der Waals surface area contributed by atoms with E-state index in [9.17, 15) is 0 Å². The van der Waals surface area contributed by atoms with Crippen LogP contribution in [0.25, 0.3) is 22.3 Å². The second-order valence-corrected chi connectivity index (χ2v) is 7.05. The highest BCUT2D eigenvalue weighted by Crippen LogP contribution is 2.39. The molecule has 0 aliphatic carbocycles. The number of nitrogens with zero attached hydrogens (tertiary/aromatic N) is 2. The van der Waals surface area contributed by atoms with Crippen LogP contribution in [0.1, 0.15) is 22.8 Å². The van der Waals surface area contributed by atoms with Crippen molar-refractivity contribution in [2.75, 3.05) is 6.54 Å². The van der Waals surface area contributed by atoms with Crippen LogP contribution in [0.2, 0.25) is 0 Å². The van der Waals surface area contributed by atoms with Crippen molar-refractivity contribution in [3.63, 3.8) is 0 Å². The maximum absolute atomic E-state index is 6.95. The minimum atomic E-state index is -1.05. The van der Waals surface area contributed by atoms with Crippen LogP contribution in [0.4, 0.5) is 0 Å². The van der Waals surface area contributed by atoms with Crippen LogP contribution in [0.5, 0.6) is 0 Å². The molecule has 4 rings (SSSR count). The molecule has 2 aromatic heterocycles. The predicted octanol–water partition coefficient (Wildman–Crippen LogP) is 4.09. The zero-order chi connectivity index (χ0) is 19.7. The van der Waals surface area contributed by atoms with Gasteiger partial charge in [0.15, 0.2) is 0 Å². The Labute approximate surface area is 188 Å². The van der Waals surface area contributed by atoms with Crippen molar-refractivity contribution < 1.29 is 0 Å². The Morgan fingerprint density at radius 3 is 1.43 bits per heavy atom. The van der Waals surface area contributed by atoms with E-state index in [1.807, 2.05) is 74.5 Å². The van der Waals surface area contributed by atoms with E-state index in [2.05, 4.69) is 20.4 Å². The average molecular weight is 445 g/mol. The van der Waals surface area contributed by atoms with E-state index >= 15 is 0 Å². The van der Waals surface area contributed by atoms with Crippen LogP contribution in [-0.2, 0) is 5.54 Å². The Balaban J connectivity index is 0.00000160. The molecule has 0 aliphatic rings. The Morgan fingerprint density at radius 1 is 0.733 bits per heavy atom. The maximum Gasteiger partial charge on any atom is 0.118 e. The molecule has 2 heterocycles. The summed E-state index contributed by atoms with van der Waals surface area (Å²) in [7, 11) is 0. The molecule has 0 amide bonds. The minimum Gasteiger partial charge on any atom is -0.328 e. The number of hydrogen-bond acceptors (Lipinski definition) is 4. The van der Waals surface area contributed by atoms with E-state index in [1.165, 1.54) is 0 Å². The van der Waals surface area contributed by atoms with Crippen LogP contribution < -0.4 is 11.5 Å². The summed E-state index contributed by atoms with van der Waals surface area (Å²) in [4.78, 5) is 0. The average Bonchev–Trinajstić information content (AvgIpc) is 3.32. The van der Waals surface area contributed by atoms with Gasteiger partial charge in [0.2, 0.25) is 0 Å². The number of nitrogens with one attached hydrogen (secondary N) is 2. The molecule has 30 heavy (non-hydrogen) atoms. The van der Waals surface area contributed by atoms with Crippen molar-refractivity contribution in [3.05, 3.63) is 83.4 Å². The molecule has 0 fully saturated rings. The van der Waals surface area contributed by atoms with E-state index < -0.39 is 5.54 Å². The lowest BCUT2D eigenvalue weighted by Gasteiger charge is -2.27. The van der Waals surface area contributed by atoms with Gasteiger partial charge in [0.1, 0.15) is 5.54 Å². The molecule has 0 saturated heterocycles. The smallest absolute Gasteiger partial charge is 0.118 e. The number of nitrogens with two attached hydrogens (primary N) is 2. The summed E-state index contributed by atoms with van der Waals surface area (Å²) in [5, 5.41) is 15.3. The third-order valence-electron chi connectivity index (χ3n) is 5.19. The zero-order valence-corrected chi connectivity index (χ0v) is 18.5. The van der Waals surface area contributed by atoms with Gasteiger partial charge in [0, 0.05) is 29.1 Å². The number of H-pyrrole nitrogens is 2. The molecule has 8 heteroatoms. The third kappa shape index (κ3) is 3.87. The first kappa shape index (κ1) is 23.6. The number of aromatic amines is 2. The molecule has 0 saturated carbocycles. The molecule has 0 radical (unpaired) electrons. The van der Waals surface area contributed by atoms with Gasteiger partial charge in [-0.3, -0.25) is 10.2 Å². The van der Waals surface area contributed by atoms with Crippen LogP contribution >= 0.6 is 24.8 Å². The molecule has 2 aromatic carbocycles. The topological polar surface area (TPSA) is 109 Å². The summed E-state index contributed by atoms with van der Waals surface area (Å²) < 4.78 is 0. The lowest BCUT2D eigenvalue weighted by Crippen LogP contribution is -2.46. The van der Waals surface area contributed by atoms with Crippen LogP contribution in [-0.4, -0.2) is 26.9 Å². The Bertz CT molecular complexity index is 1010. The van der Waals surface area contributed by atoms with Gasteiger partial charge >= 0.3 is 0 Å². The Kier molecular flexibility index (Phi) is 7.44. The number of aromatic nitrogens is 4. The number of rotatable bonds is 5. The molecule has 4 aromatic rings. The lowest BCUT2D eigenvalue weighted by atomic mass is 9.83. The standard InChI is InChI=1S/C22H24N6.2ClH/c1-14-18(16-9-5-3-6-10-16)20(27-25-14)22(24,13-23)21-19(15(2)26-28-21)17-11-7-4-8-12-17;;/h3-12H,13,23-24H2,1-2H3,(H,25,27)(H,26,28);2*1H. The number of halogens is 2. The molecular formula is C22H26Cl2N6. The second-order valence-electron chi connectivity index (χ2n) is 7.05. The fraction of sp³-hybridized carbons (Fsp3) is 0.182. The number of aryl methyl sites for hydroxylation is 2. The van der Waals surface area contributed by atoms with Gasteiger partial charge in [-0.05, 0) is 25.0 Å². The van der Waals surface area contributed by atoms with Crippen molar-refractivity contribution >= 4 is 24.8 Å². The summed E-state index contributed by atoms with van der Waals surface area (Å²) in [6.07, 6.45) is 0. The van der Waals surface area contributed by atoms with Crippen molar-refractivity contribution in [2.24, 2.45) is 11.5 Å². The van der Waals surface area contributed by atoms with Gasteiger partial charge in [0.25, 0.3) is 0 Å². The van der Waals surface area contributed by atoms with Crippen LogP contribution in [0.15, 0.2) is 60.7 Å². The highest BCUT2D eigenvalue weighted by Gasteiger charge is 2.39. The molecule has 0 spiro atoms. The van der Waals surface area contributed by atoms with E-state index in [4.69, 9.17) is 11.5 Å². The van der Waals surface area contributed by atoms with Gasteiger partial charge in [0.05, 0.1) is 11.4 Å². The van der Waals surface area contributed by atoms with Gasteiger partial charge in [-0.1, -0.05) is 60.7 Å². The monoisotopic (exact) mass is 444 g/mol. The van der Waals surface area contributed by atoms with Crippen LogP contribution in [0.3, 0.4) is 0 Å². The Morgan fingerprint density at radius 2 is 1.10 bits per heavy atom. The fourth-order valence-corrected chi connectivity index (χ4v) is 3.73. The van der Waals surface area contributed by atoms with Crippen LogP contribution in [0, 0.1) is 13.8 Å². The number of hydrogen-bond donors (Lipinski definition) is 4. The SMILES string of the molecule is Cc1[nH]nc(C(N)(CN)c2n[nH]c(C)c2-c2ccccc2)c1-c1ccccc1.Cl.Cl. The van der Waals surface area contributed by atoms with Gasteiger partial charge in [-0.2, -0.15) is 10.2 Å². The molecule has 0 aliphatic heterocycles. The van der Waals surface area contributed by atoms with E-state index in [1.54, 1.807) is 0 Å². The first-order valence-electron chi connectivity index (χ1n) is 9.27. The largest absolute Gasteiger partial charge is 0.328 e. The van der Waals surface area contributed by atoms with E-state index in [0.717, 1.165) is 33.6 Å². The first-order valence-corrected chi connectivity index (χ1v) is 9.27. The first-order chi connectivity index (χ1) is 13.6. The summed E-state index contributed by atoms with van der Waals surface area (Å²) in [5.74, 6) is 0. The normalized spacial score (nSPS) is 10.9. The van der Waals surface area contributed by atoms with Crippen molar-refractivity contribution in [2.45, 2.75) is 19.4 Å². The fourth-order valence-electron chi connectivity index (χ4n) is 3.73. The van der Waals surface area contributed by atoms with E-state index in [0.29, 0.717) is 11.4 Å². The molecule has 0 bridgehead atoms. The second kappa shape index (κ2) is 9.45. The van der Waals surface area contributed by atoms with Crippen molar-refractivity contribution in [1.82, 2.24) is 20.4 Å². The van der Waals surface area contributed by atoms with Crippen molar-refractivity contribution in [3.8, 4) is 22.3 Å².